The third kappa shape index (κ3) is 4.48. The van der Waals surface area contributed by atoms with E-state index in [1.807, 2.05) is 5.92 Å². The molecule has 2 heterocycles. The molecule has 1 aromatic carbocycles. The fourth-order valence-electron chi connectivity index (χ4n) is 2.58. The number of nitrogens with two attached hydrogens (primary N) is 1. The van der Waals surface area contributed by atoms with E-state index < -0.39 is 11.8 Å². The molecule has 1 atom stereocenters. The highest BCUT2D eigenvalue weighted by molar-refractivity contribution is 5.96. The number of rotatable bonds is 5. The summed E-state index contributed by atoms with van der Waals surface area (Å²) in [6.07, 6.45) is -1.74. The number of fused-ring (bicyclic) bond motifs is 1. The van der Waals surface area contributed by atoms with Crippen LogP contribution in [0.15, 0.2) is 30.6 Å². The maximum atomic E-state index is 12.8. The molecule has 0 saturated carbocycles. The van der Waals surface area contributed by atoms with Crippen molar-refractivity contribution in [2.45, 2.75) is 18.7 Å². The number of nitrogen functional groups attached to an aromatic ring is 1. The SMILES string of the molecule is COCCOc1cnc(N)nc1-c1c[nH]c2ccc(C#CC(C)(O)C(F)(F)F)cc12. The minimum Gasteiger partial charge on any atom is -0.487 e. The predicted molar refractivity (Wildman–Crippen MR) is 105 cm³/mol. The maximum absolute atomic E-state index is 12.8. The lowest BCUT2D eigenvalue weighted by atomic mass is 10.0. The topological polar surface area (TPSA) is 106 Å². The summed E-state index contributed by atoms with van der Waals surface area (Å²) in [7, 11) is 1.54. The molecule has 0 amide bonds. The first kappa shape index (κ1) is 21.4. The van der Waals surface area contributed by atoms with Crippen LogP contribution in [0.2, 0.25) is 0 Å². The summed E-state index contributed by atoms with van der Waals surface area (Å²) in [5, 5.41) is 10.2. The number of H-pyrrole nitrogens is 1. The van der Waals surface area contributed by atoms with Crippen LogP contribution in [-0.2, 0) is 4.74 Å². The van der Waals surface area contributed by atoms with Crippen molar-refractivity contribution in [3.63, 3.8) is 0 Å². The first-order valence-corrected chi connectivity index (χ1v) is 8.80. The number of nitrogens with zero attached hydrogens (tertiary/aromatic N) is 2. The highest BCUT2D eigenvalue weighted by atomic mass is 19.4. The number of hydrogen-bond acceptors (Lipinski definition) is 6. The van der Waals surface area contributed by atoms with Crippen molar-refractivity contribution in [1.29, 1.82) is 0 Å². The van der Waals surface area contributed by atoms with Crippen molar-refractivity contribution >= 4 is 16.9 Å². The first-order valence-electron chi connectivity index (χ1n) is 8.80. The molecule has 3 aromatic rings. The zero-order valence-corrected chi connectivity index (χ0v) is 16.2. The molecule has 158 valence electrons. The number of nitrogens with one attached hydrogen (secondary N) is 1. The zero-order valence-electron chi connectivity index (χ0n) is 16.2. The van der Waals surface area contributed by atoms with Gasteiger partial charge in [-0.1, -0.05) is 11.8 Å². The Kier molecular flexibility index (Phi) is 5.87. The normalized spacial score (nSPS) is 13.5. The van der Waals surface area contributed by atoms with Crippen molar-refractivity contribution in [2.75, 3.05) is 26.1 Å². The molecule has 2 aromatic heterocycles. The highest BCUT2D eigenvalue weighted by Crippen LogP contribution is 2.34. The van der Waals surface area contributed by atoms with Gasteiger partial charge in [-0.05, 0) is 25.1 Å². The van der Waals surface area contributed by atoms with Crippen molar-refractivity contribution in [3.8, 4) is 28.8 Å². The molecule has 0 aliphatic heterocycles. The second kappa shape index (κ2) is 8.22. The van der Waals surface area contributed by atoms with Crippen LogP contribution in [0.25, 0.3) is 22.2 Å². The number of aliphatic hydroxyl groups is 1. The summed E-state index contributed by atoms with van der Waals surface area (Å²) in [5.74, 6) is 4.66. The Morgan fingerprint density at radius 1 is 1.27 bits per heavy atom. The molecule has 0 spiro atoms. The predicted octanol–water partition coefficient (Wildman–Crippen LogP) is 2.90. The minimum absolute atomic E-state index is 0.0376. The molecule has 0 aliphatic rings. The van der Waals surface area contributed by atoms with Crippen LogP contribution in [-0.4, -0.2) is 52.2 Å². The molecule has 0 aliphatic carbocycles. The molecule has 0 fully saturated rings. The van der Waals surface area contributed by atoms with Crippen molar-refractivity contribution < 1.29 is 27.8 Å². The van der Waals surface area contributed by atoms with Crippen molar-refractivity contribution in [1.82, 2.24) is 15.0 Å². The zero-order chi connectivity index (χ0) is 21.9. The first-order chi connectivity index (χ1) is 14.1. The summed E-state index contributed by atoms with van der Waals surface area (Å²) in [6, 6.07) is 4.81. The second-order valence-corrected chi connectivity index (χ2v) is 6.57. The summed E-state index contributed by atoms with van der Waals surface area (Å²) in [4.78, 5) is 11.3. The number of benzene rings is 1. The van der Waals surface area contributed by atoms with E-state index in [1.54, 1.807) is 31.5 Å². The number of alkyl halides is 3. The number of aromatic amines is 1. The van der Waals surface area contributed by atoms with Crippen molar-refractivity contribution in [2.24, 2.45) is 0 Å². The van der Waals surface area contributed by atoms with Crippen LogP contribution in [0.1, 0.15) is 12.5 Å². The summed E-state index contributed by atoms with van der Waals surface area (Å²) >= 11 is 0. The van der Waals surface area contributed by atoms with E-state index >= 15 is 0 Å². The molecule has 1 unspecified atom stereocenters. The number of aromatic nitrogens is 3. The van der Waals surface area contributed by atoms with Gasteiger partial charge in [-0.15, -0.1) is 0 Å². The largest absolute Gasteiger partial charge is 0.487 e. The number of methoxy groups -OCH3 is 1. The molecule has 3 rings (SSSR count). The van der Waals surface area contributed by atoms with Crippen molar-refractivity contribution in [3.05, 3.63) is 36.2 Å². The Labute approximate surface area is 170 Å². The molecule has 0 radical (unpaired) electrons. The molecular weight excluding hydrogens is 401 g/mol. The molecule has 10 heteroatoms. The highest BCUT2D eigenvalue weighted by Gasteiger charge is 2.48. The number of anilines is 1. The molecular formula is C20H19F3N4O3. The van der Waals surface area contributed by atoms with E-state index in [2.05, 4.69) is 20.9 Å². The Balaban J connectivity index is 2.04. The third-order valence-electron chi connectivity index (χ3n) is 4.26. The lowest BCUT2D eigenvalue weighted by Gasteiger charge is -2.19. The average Bonchev–Trinajstić information content (AvgIpc) is 3.10. The van der Waals surface area contributed by atoms with E-state index in [0.29, 0.717) is 41.4 Å². The molecule has 4 N–H and O–H groups in total. The van der Waals surface area contributed by atoms with Crippen LogP contribution in [0.3, 0.4) is 0 Å². The fraction of sp³-hybridized carbons (Fsp3) is 0.300. The average molecular weight is 420 g/mol. The number of hydrogen-bond donors (Lipinski definition) is 3. The van der Waals surface area contributed by atoms with Crippen LogP contribution in [0.5, 0.6) is 5.75 Å². The van der Waals surface area contributed by atoms with Gasteiger partial charge in [0.2, 0.25) is 11.5 Å². The second-order valence-electron chi connectivity index (χ2n) is 6.57. The quantitative estimate of drug-likeness (QED) is 0.433. The van der Waals surface area contributed by atoms with Crippen LogP contribution in [0, 0.1) is 11.8 Å². The van der Waals surface area contributed by atoms with Gasteiger partial charge in [-0.3, -0.25) is 0 Å². The summed E-state index contributed by atoms with van der Waals surface area (Å²) in [6.45, 7) is 1.23. The molecule has 0 bridgehead atoms. The number of ether oxygens (including phenoxy) is 2. The van der Waals surface area contributed by atoms with Gasteiger partial charge in [0, 0.05) is 35.3 Å². The monoisotopic (exact) mass is 420 g/mol. The van der Waals surface area contributed by atoms with E-state index in [4.69, 9.17) is 15.2 Å². The van der Waals surface area contributed by atoms with Crippen LogP contribution >= 0.6 is 0 Å². The Hall–Kier alpha value is -3.29. The Morgan fingerprint density at radius 3 is 2.73 bits per heavy atom. The third-order valence-corrected chi connectivity index (χ3v) is 4.26. The van der Waals surface area contributed by atoms with Gasteiger partial charge in [-0.25, -0.2) is 9.97 Å². The smallest absolute Gasteiger partial charge is 0.428 e. The van der Waals surface area contributed by atoms with E-state index in [9.17, 15) is 18.3 Å². The van der Waals surface area contributed by atoms with Gasteiger partial charge in [0.25, 0.3) is 0 Å². The van der Waals surface area contributed by atoms with E-state index in [0.717, 1.165) is 0 Å². The molecule has 30 heavy (non-hydrogen) atoms. The van der Waals surface area contributed by atoms with Gasteiger partial charge >= 0.3 is 6.18 Å². The maximum Gasteiger partial charge on any atom is 0.428 e. The number of halogens is 3. The Morgan fingerprint density at radius 2 is 2.03 bits per heavy atom. The lowest BCUT2D eigenvalue weighted by Crippen LogP contribution is -2.40. The van der Waals surface area contributed by atoms with Gasteiger partial charge < -0.3 is 25.3 Å². The molecule has 0 saturated heterocycles. The Bertz CT molecular complexity index is 1110. The molecule has 7 nitrogen and oxygen atoms in total. The minimum atomic E-state index is -4.86. The van der Waals surface area contributed by atoms with E-state index in [1.165, 1.54) is 6.20 Å². The van der Waals surface area contributed by atoms with Crippen LogP contribution in [0.4, 0.5) is 19.1 Å². The van der Waals surface area contributed by atoms with Gasteiger partial charge in [-0.2, -0.15) is 13.2 Å². The van der Waals surface area contributed by atoms with Gasteiger partial charge in [0.05, 0.1) is 12.8 Å². The van der Waals surface area contributed by atoms with E-state index in [-0.39, 0.29) is 18.1 Å². The fourth-order valence-corrected chi connectivity index (χ4v) is 2.58. The van der Waals surface area contributed by atoms with Crippen LogP contribution < -0.4 is 10.5 Å². The summed E-state index contributed by atoms with van der Waals surface area (Å²) < 4.78 is 49.1. The van der Waals surface area contributed by atoms with Gasteiger partial charge in [0.15, 0.2) is 5.75 Å². The van der Waals surface area contributed by atoms with Gasteiger partial charge in [0.1, 0.15) is 12.3 Å². The summed E-state index contributed by atoms with van der Waals surface area (Å²) in [5.41, 5.74) is 4.63. The standard InChI is InChI=1S/C20H19F3N4O3/c1-19(28,20(21,22)23)6-5-12-3-4-15-13(9-12)14(10-25-15)17-16(30-8-7-29-2)11-26-18(24)27-17/h3-4,9-11,25,28H,7-8H2,1-2H3,(H2,24,26,27). The lowest BCUT2D eigenvalue weighted by molar-refractivity contribution is -0.228.